The zero-order valence-electron chi connectivity index (χ0n) is 16.2. The summed E-state index contributed by atoms with van der Waals surface area (Å²) in [5.41, 5.74) is 0.628. The van der Waals surface area contributed by atoms with Gasteiger partial charge in [-0.05, 0) is 25.0 Å². The first-order chi connectivity index (χ1) is 14.5. The third-order valence-corrected chi connectivity index (χ3v) is 4.88. The van der Waals surface area contributed by atoms with Gasteiger partial charge in [0, 0.05) is 12.6 Å². The molecule has 1 fully saturated rings. The van der Waals surface area contributed by atoms with Gasteiger partial charge in [-0.2, -0.15) is 15.1 Å². The number of rotatable bonds is 6. The summed E-state index contributed by atoms with van der Waals surface area (Å²) in [6, 6.07) is 3.33. The van der Waals surface area contributed by atoms with Gasteiger partial charge >= 0.3 is 5.97 Å². The molecule has 0 amide bonds. The zero-order valence-corrected chi connectivity index (χ0v) is 16.2. The number of halogens is 1. The predicted octanol–water partition coefficient (Wildman–Crippen LogP) is 1.17. The molecule has 3 heterocycles. The lowest BCUT2D eigenvalue weighted by molar-refractivity contribution is -0.141. The molecular formula is C19H20FN5O5. The van der Waals surface area contributed by atoms with Crippen LogP contribution in [0.2, 0.25) is 0 Å². The highest BCUT2D eigenvalue weighted by molar-refractivity contribution is 5.84. The summed E-state index contributed by atoms with van der Waals surface area (Å²) in [5.74, 6) is -0.893. The minimum atomic E-state index is -0.544. The normalized spacial score (nSPS) is 16.2. The van der Waals surface area contributed by atoms with Crippen LogP contribution < -0.4 is 9.64 Å². The van der Waals surface area contributed by atoms with Crippen molar-refractivity contribution in [3.63, 3.8) is 0 Å². The highest BCUT2D eigenvalue weighted by Crippen LogP contribution is 2.32. The predicted molar refractivity (Wildman–Crippen MR) is 103 cm³/mol. The number of esters is 1. The van der Waals surface area contributed by atoms with Crippen LogP contribution in [0.15, 0.2) is 24.4 Å². The number of aliphatic hydroxyl groups excluding tert-OH is 1. The number of hydrogen-bond acceptors (Lipinski definition) is 9. The molecule has 0 aliphatic carbocycles. The Bertz CT molecular complexity index is 1090. The average molecular weight is 417 g/mol. The van der Waals surface area contributed by atoms with E-state index in [0.29, 0.717) is 18.7 Å². The van der Waals surface area contributed by atoms with Gasteiger partial charge in [-0.15, -0.1) is 0 Å². The molecule has 0 saturated carbocycles. The summed E-state index contributed by atoms with van der Waals surface area (Å²) in [4.78, 5) is 22.4. The maximum atomic E-state index is 13.7. The van der Waals surface area contributed by atoms with E-state index in [0.717, 1.165) is 6.42 Å². The van der Waals surface area contributed by atoms with Crippen LogP contribution in [0, 0.1) is 5.82 Å². The molecule has 0 unspecified atom stereocenters. The van der Waals surface area contributed by atoms with Crippen LogP contribution in [0.1, 0.15) is 12.8 Å². The average Bonchev–Trinajstić information content (AvgIpc) is 3.39. The van der Waals surface area contributed by atoms with Gasteiger partial charge in [0.2, 0.25) is 11.8 Å². The standard InChI is InChI=1S/C19H20FN5O5/c1-29-18(28)14-3-2-6-24(14)19-22-16-12(17(27)23-19)10-21-25(16)13-5-4-11(20)9-15(13)30-8-7-26/h4-5,9-10,14,26H,2-3,6-8H2,1H3,(H,22,23,27)/t14-/m0/s1. The van der Waals surface area contributed by atoms with Crippen molar-refractivity contribution in [2.75, 3.05) is 31.8 Å². The van der Waals surface area contributed by atoms with Crippen LogP contribution in [-0.2, 0) is 9.53 Å². The van der Waals surface area contributed by atoms with E-state index in [2.05, 4.69) is 15.1 Å². The van der Waals surface area contributed by atoms with Gasteiger partial charge in [-0.1, -0.05) is 0 Å². The Kier molecular flexibility index (Phi) is 5.36. The molecule has 2 N–H and O–H groups in total. The number of ether oxygens (including phenoxy) is 2. The van der Waals surface area contributed by atoms with E-state index in [4.69, 9.17) is 14.6 Å². The number of aliphatic hydroxyl groups is 1. The van der Waals surface area contributed by atoms with Crippen molar-refractivity contribution < 1.29 is 28.9 Å². The highest BCUT2D eigenvalue weighted by Gasteiger charge is 2.34. The number of aromatic hydroxyl groups is 1. The maximum Gasteiger partial charge on any atom is 0.328 e. The monoisotopic (exact) mass is 417 g/mol. The minimum absolute atomic E-state index is 0.0320. The van der Waals surface area contributed by atoms with Gasteiger partial charge in [-0.3, -0.25) is 0 Å². The molecule has 4 rings (SSSR count). The lowest BCUT2D eigenvalue weighted by atomic mass is 10.2. The molecule has 3 aromatic rings. The van der Waals surface area contributed by atoms with Crippen LogP contribution in [0.4, 0.5) is 10.3 Å². The molecule has 1 saturated heterocycles. The van der Waals surface area contributed by atoms with E-state index in [-0.39, 0.29) is 41.8 Å². The number of carbonyl (C=O) groups excluding carboxylic acids is 1. The Labute approximate surface area is 170 Å². The van der Waals surface area contributed by atoms with E-state index in [1.807, 2.05) is 0 Å². The van der Waals surface area contributed by atoms with Crippen molar-refractivity contribution in [1.29, 1.82) is 0 Å². The Hall–Kier alpha value is -3.47. The molecule has 2 aromatic heterocycles. The molecule has 1 aliphatic rings. The van der Waals surface area contributed by atoms with Gasteiger partial charge in [0.25, 0.3) is 0 Å². The molecule has 1 aliphatic heterocycles. The van der Waals surface area contributed by atoms with E-state index in [1.54, 1.807) is 4.90 Å². The van der Waals surface area contributed by atoms with E-state index in [9.17, 15) is 14.3 Å². The van der Waals surface area contributed by atoms with Gasteiger partial charge in [0.05, 0.1) is 19.9 Å². The van der Waals surface area contributed by atoms with Crippen molar-refractivity contribution in [2.45, 2.75) is 18.9 Å². The fourth-order valence-electron chi connectivity index (χ4n) is 3.51. The Morgan fingerprint density at radius 2 is 2.20 bits per heavy atom. The third kappa shape index (κ3) is 3.47. The summed E-state index contributed by atoms with van der Waals surface area (Å²) < 4.78 is 25.4. The lowest BCUT2D eigenvalue weighted by Crippen LogP contribution is -2.38. The second-order valence-corrected chi connectivity index (χ2v) is 6.70. The number of nitrogens with zero attached hydrogens (tertiary/aromatic N) is 5. The van der Waals surface area contributed by atoms with Crippen molar-refractivity contribution in [3.8, 4) is 17.3 Å². The van der Waals surface area contributed by atoms with E-state index < -0.39 is 17.8 Å². The van der Waals surface area contributed by atoms with Crippen molar-refractivity contribution in [1.82, 2.24) is 19.7 Å². The second-order valence-electron chi connectivity index (χ2n) is 6.70. The molecule has 0 spiro atoms. The van der Waals surface area contributed by atoms with E-state index >= 15 is 0 Å². The molecule has 10 nitrogen and oxygen atoms in total. The van der Waals surface area contributed by atoms with Crippen LogP contribution in [0.25, 0.3) is 16.7 Å². The molecule has 1 aromatic carbocycles. The number of fused-ring (bicyclic) bond motifs is 1. The van der Waals surface area contributed by atoms with Gasteiger partial charge in [-0.25, -0.2) is 13.9 Å². The number of benzene rings is 1. The van der Waals surface area contributed by atoms with E-state index in [1.165, 1.54) is 36.2 Å². The van der Waals surface area contributed by atoms with Crippen molar-refractivity contribution in [2.24, 2.45) is 0 Å². The summed E-state index contributed by atoms with van der Waals surface area (Å²) in [5, 5.41) is 24.0. The first-order valence-corrected chi connectivity index (χ1v) is 9.36. The third-order valence-electron chi connectivity index (χ3n) is 4.88. The second kappa shape index (κ2) is 8.11. The van der Waals surface area contributed by atoms with Crippen LogP contribution in [-0.4, -0.2) is 68.8 Å². The Morgan fingerprint density at radius 3 is 2.97 bits per heavy atom. The fraction of sp³-hybridized carbons (Fsp3) is 0.368. The van der Waals surface area contributed by atoms with Crippen LogP contribution in [0.3, 0.4) is 0 Å². The minimum Gasteiger partial charge on any atom is -0.493 e. The van der Waals surface area contributed by atoms with Crippen molar-refractivity contribution in [3.05, 3.63) is 30.2 Å². The molecule has 0 radical (unpaired) electrons. The first kappa shape index (κ1) is 19.8. The highest BCUT2D eigenvalue weighted by atomic mass is 19.1. The summed E-state index contributed by atoms with van der Waals surface area (Å²) in [6.45, 7) is 0.253. The lowest BCUT2D eigenvalue weighted by Gasteiger charge is -2.22. The first-order valence-electron chi connectivity index (χ1n) is 9.36. The molecule has 11 heteroatoms. The fourth-order valence-corrected chi connectivity index (χ4v) is 3.51. The van der Waals surface area contributed by atoms with Crippen molar-refractivity contribution >= 4 is 23.0 Å². The van der Waals surface area contributed by atoms with Crippen LogP contribution >= 0.6 is 0 Å². The number of hydrogen-bond donors (Lipinski definition) is 2. The SMILES string of the molecule is COC(=O)[C@@H]1CCCN1c1nc(O)c2cnn(-c3ccc(F)cc3OCCO)c2n1. The summed E-state index contributed by atoms with van der Waals surface area (Å²) in [7, 11) is 1.32. The summed E-state index contributed by atoms with van der Waals surface area (Å²) in [6.07, 6.45) is 2.72. The Morgan fingerprint density at radius 1 is 1.37 bits per heavy atom. The quantitative estimate of drug-likeness (QED) is 0.569. The molecular weight excluding hydrogens is 397 g/mol. The molecule has 30 heavy (non-hydrogen) atoms. The topological polar surface area (TPSA) is 123 Å². The van der Waals surface area contributed by atoms with Gasteiger partial charge in [0.15, 0.2) is 5.65 Å². The maximum absolute atomic E-state index is 13.7. The number of carbonyl (C=O) groups is 1. The summed E-state index contributed by atoms with van der Waals surface area (Å²) >= 11 is 0. The van der Waals surface area contributed by atoms with Crippen LogP contribution in [0.5, 0.6) is 11.6 Å². The Balaban J connectivity index is 1.82. The number of anilines is 1. The van der Waals surface area contributed by atoms with Gasteiger partial charge in [0.1, 0.15) is 35.3 Å². The molecule has 0 bridgehead atoms. The number of methoxy groups -OCH3 is 1. The van der Waals surface area contributed by atoms with Gasteiger partial charge < -0.3 is 24.6 Å². The largest absolute Gasteiger partial charge is 0.493 e. The zero-order chi connectivity index (χ0) is 21.3. The smallest absolute Gasteiger partial charge is 0.328 e. The molecule has 158 valence electrons. The number of aromatic nitrogens is 4. The molecule has 1 atom stereocenters.